The van der Waals surface area contributed by atoms with Crippen molar-refractivity contribution in [2.45, 2.75) is 45.2 Å². The van der Waals surface area contributed by atoms with Gasteiger partial charge in [-0.05, 0) is 36.8 Å². The largest absolute Gasteiger partial charge is 0.334 e. The third-order valence-electron chi connectivity index (χ3n) is 3.65. The highest BCUT2D eigenvalue weighted by Gasteiger charge is 2.32. The lowest BCUT2D eigenvalue weighted by molar-refractivity contribution is -0.133. The summed E-state index contributed by atoms with van der Waals surface area (Å²) < 4.78 is 0. The first-order chi connectivity index (χ1) is 9.09. The number of amides is 1. The van der Waals surface area contributed by atoms with Gasteiger partial charge >= 0.3 is 0 Å². The number of aromatic nitrogens is 1. The minimum Gasteiger partial charge on any atom is -0.334 e. The Balaban J connectivity index is 2.08. The topological polar surface area (TPSA) is 59.2 Å². The van der Waals surface area contributed by atoms with Crippen LogP contribution in [-0.2, 0) is 4.79 Å². The molecule has 2 heterocycles. The number of likely N-dealkylation sites (tertiary alicyclic amines) is 1. The summed E-state index contributed by atoms with van der Waals surface area (Å²) in [6.07, 6.45) is 6.40. The molecule has 1 aromatic heterocycles. The highest BCUT2D eigenvalue weighted by molar-refractivity contribution is 5.82. The molecular weight excluding hydrogens is 238 g/mol. The lowest BCUT2D eigenvalue weighted by Gasteiger charge is -2.28. The van der Waals surface area contributed by atoms with Crippen LogP contribution in [0.2, 0.25) is 0 Å². The Hall–Kier alpha value is -1.42. The molecule has 0 spiro atoms. The SMILES string of the molecule is CC(C)C[C@@H](N)C(=O)N1CCCC1c1cccnc1. The van der Waals surface area contributed by atoms with Crippen LogP contribution in [0.15, 0.2) is 24.5 Å². The molecule has 2 rings (SSSR count). The first-order valence-corrected chi connectivity index (χ1v) is 7.05. The van der Waals surface area contributed by atoms with Crippen LogP contribution < -0.4 is 5.73 Å². The maximum atomic E-state index is 12.4. The zero-order chi connectivity index (χ0) is 13.8. The molecule has 1 aromatic rings. The molecule has 1 aliphatic heterocycles. The second-order valence-electron chi connectivity index (χ2n) is 5.71. The van der Waals surface area contributed by atoms with Gasteiger partial charge in [0.1, 0.15) is 0 Å². The van der Waals surface area contributed by atoms with E-state index in [1.54, 1.807) is 6.20 Å². The minimum atomic E-state index is -0.378. The van der Waals surface area contributed by atoms with Gasteiger partial charge in [-0.15, -0.1) is 0 Å². The van der Waals surface area contributed by atoms with Gasteiger partial charge in [-0.2, -0.15) is 0 Å². The van der Waals surface area contributed by atoms with Gasteiger partial charge in [-0.3, -0.25) is 9.78 Å². The number of nitrogens with two attached hydrogens (primary N) is 1. The third kappa shape index (κ3) is 3.32. The molecule has 1 unspecified atom stereocenters. The molecule has 2 atom stereocenters. The van der Waals surface area contributed by atoms with Gasteiger partial charge in [0.2, 0.25) is 5.91 Å². The van der Waals surface area contributed by atoms with E-state index in [1.807, 2.05) is 23.2 Å². The van der Waals surface area contributed by atoms with Gasteiger partial charge in [0.15, 0.2) is 0 Å². The minimum absolute atomic E-state index is 0.0834. The van der Waals surface area contributed by atoms with Crippen LogP contribution >= 0.6 is 0 Å². The van der Waals surface area contributed by atoms with E-state index in [0.717, 1.165) is 31.4 Å². The molecule has 4 heteroatoms. The van der Waals surface area contributed by atoms with Gasteiger partial charge in [0.05, 0.1) is 12.1 Å². The average Bonchev–Trinajstić information content (AvgIpc) is 2.87. The Kier molecular flexibility index (Phi) is 4.53. The fraction of sp³-hybridized carbons (Fsp3) is 0.600. The smallest absolute Gasteiger partial charge is 0.240 e. The first-order valence-electron chi connectivity index (χ1n) is 7.05. The van der Waals surface area contributed by atoms with E-state index in [2.05, 4.69) is 18.8 Å². The molecule has 1 amide bonds. The van der Waals surface area contributed by atoms with Gasteiger partial charge in [-0.25, -0.2) is 0 Å². The van der Waals surface area contributed by atoms with Crippen LogP contribution in [0, 0.1) is 5.92 Å². The quantitative estimate of drug-likeness (QED) is 0.903. The van der Waals surface area contributed by atoms with E-state index in [1.165, 1.54) is 0 Å². The van der Waals surface area contributed by atoms with Crippen LogP contribution in [-0.4, -0.2) is 28.4 Å². The van der Waals surface area contributed by atoms with Crippen molar-refractivity contribution >= 4 is 5.91 Å². The van der Waals surface area contributed by atoms with Crippen molar-refractivity contribution in [1.29, 1.82) is 0 Å². The van der Waals surface area contributed by atoms with Crippen LogP contribution in [0.5, 0.6) is 0 Å². The maximum Gasteiger partial charge on any atom is 0.240 e. The molecule has 1 aliphatic rings. The molecule has 0 bridgehead atoms. The first kappa shape index (κ1) is 14.0. The second kappa shape index (κ2) is 6.15. The molecule has 4 nitrogen and oxygen atoms in total. The third-order valence-corrected chi connectivity index (χ3v) is 3.65. The van der Waals surface area contributed by atoms with Gasteiger partial charge < -0.3 is 10.6 Å². The highest BCUT2D eigenvalue weighted by Crippen LogP contribution is 2.32. The van der Waals surface area contributed by atoms with Gasteiger partial charge in [0, 0.05) is 18.9 Å². The van der Waals surface area contributed by atoms with Gasteiger partial charge in [-0.1, -0.05) is 19.9 Å². The molecule has 104 valence electrons. The Morgan fingerprint density at radius 3 is 3.00 bits per heavy atom. The van der Waals surface area contributed by atoms with Crippen molar-refractivity contribution in [1.82, 2.24) is 9.88 Å². The molecule has 19 heavy (non-hydrogen) atoms. The van der Waals surface area contributed by atoms with Crippen molar-refractivity contribution in [3.8, 4) is 0 Å². The molecule has 1 saturated heterocycles. The molecule has 0 aliphatic carbocycles. The van der Waals surface area contributed by atoms with Crippen molar-refractivity contribution in [3.05, 3.63) is 30.1 Å². The Morgan fingerprint density at radius 2 is 2.37 bits per heavy atom. The van der Waals surface area contributed by atoms with Crippen LogP contribution in [0.4, 0.5) is 0 Å². The van der Waals surface area contributed by atoms with E-state index in [0.29, 0.717) is 5.92 Å². The molecule has 1 fully saturated rings. The monoisotopic (exact) mass is 261 g/mol. The molecule has 0 aromatic carbocycles. The summed E-state index contributed by atoms with van der Waals surface area (Å²) in [6.45, 7) is 5.00. The molecule has 2 N–H and O–H groups in total. The van der Waals surface area contributed by atoms with Crippen LogP contribution in [0.3, 0.4) is 0 Å². The normalized spacial score (nSPS) is 20.8. The Morgan fingerprint density at radius 1 is 1.58 bits per heavy atom. The lowest BCUT2D eigenvalue weighted by atomic mass is 10.0. The number of carbonyl (C=O) groups is 1. The number of pyridine rings is 1. The molecule has 0 saturated carbocycles. The van der Waals surface area contributed by atoms with E-state index in [-0.39, 0.29) is 18.0 Å². The lowest BCUT2D eigenvalue weighted by Crippen LogP contribution is -2.44. The van der Waals surface area contributed by atoms with Crippen molar-refractivity contribution in [2.75, 3.05) is 6.54 Å². The van der Waals surface area contributed by atoms with Gasteiger partial charge in [0.25, 0.3) is 0 Å². The fourth-order valence-corrected chi connectivity index (χ4v) is 2.77. The zero-order valence-corrected chi connectivity index (χ0v) is 11.7. The number of hydrogen-bond acceptors (Lipinski definition) is 3. The Labute approximate surface area is 115 Å². The summed E-state index contributed by atoms with van der Waals surface area (Å²) in [5, 5.41) is 0. The Bertz CT molecular complexity index is 419. The maximum absolute atomic E-state index is 12.4. The van der Waals surface area contributed by atoms with E-state index < -0.39 is 0 Å². The summed E-state index contributed by atoms with van der Waals surface area (Å²) in [7, 11) is 0. The van der Waals surface area contributed by atoms with Crippen molar-refractivity contribution in [2.24, 2.45) is 11.7 Å². The predicted octanol–water partition coefficient (Wildman–Crippen LogP) is 2.12. The van der Waals surface area contributed by atoms with Crippen LogP contribution in [0.25, 0.3) is 0 Å². The number of nitrogens with zero attached hydrogens (tertiary/aromatic N) is 2. The molecule has 0 radical (unpaired) electrons. The zero-order valence-electron chi connectivity index (χ0n) is 11.7. The van der Waals surface area contributed by atoms with Crippen molar-refractivity contribution in [3.63, 3.8) is 0 Å². The van der Waals surface area contributed by atoms with Crippen molar-refractivity contribution < 1.29 is 4.79 Å². The number of rotatable bonds is 4. The van der Waals surface area contributed by atoms with E-state index in [4.69, 9.17) is 5.73 Å². The predicted molar refractivity (Wildman–Crippen MR) is 75.4 cm³/mol. The second-order valence-corrected chi connectivity index (χ2v) is 5.71. The summed E-state index contributed by atoms with van der Waals surface area (Å²) in [5.74, 6) is 0.526. The average molecular weight is 261 g/mol. The summed E-state index contributed by atoms with van der Waals surface area (Å²) in [6, 6.07) is 3.73. The number of carbonyl (C=O) groups excluding carboxylic acids is 1. The fourth-order valence-electron chi connectivity index (χ4n) is 2.77. The number of hydrogen-bond donors (Lipinski definition) is 1. The highest BCUT2D eigenvalue weighted by atomic mass is 16.2. The molecular formula is C15H23N3O. The standard InChI is InChI=1S/C15H23N3O/c1-11(2)9-13(16)15(19)18-8-4-6-14(18)12-5-3-7-17-10-12/h3,5,7,10-11,13-14H,4,6,8-9,16H2,1-2H3/t13-,14?/m1/s1. The summed E-state index contributed by atoms with van der Waals surface area (Å²) in [5.41, 5.74) is 7.15. The summed E-state index contributed by atoms with van der Waals surface area (Å²) in [4.78, 5) is 18.5. The summed E-state index contributed by atoms with van der Waals surface area (Å²) >= 11 is 0. The van der Waals surface area contributed by atoms with E-state index in [9.17, 15) is 4.79 Å². The van der Waals surface area contributed by atoms with E-state index >= 15 is 0 Å². The van der Waals surface area contributed by atoms with Crippen LogP contribution in [0.1, 0.15) is 44.7 Å².